The molecule has 3 nitrogen and oxygen atoms in total. The summed E-state index contributed by atoms with van der Waals surface area (Å²) in [5, 5.41) is 4.46. The number of Topliss-reactive ketones (excluding diaryl/α,β-unsaturated/α-hetero) is 1. The first-order valence-electron chi connectivity index (χ1n) is 9.26. The highest BCUT2D eigenvalue weighted by atomic mass is 35.5. The molecule has 0 bridgehead atoms. The molecule has 1 aromatic heterocycles. The Morgan fingerprint density at radius 3 is 2.64 bits per heavy atom. The summed E-state index contributed by atoms with van der Waals surface area (Å²) in [5.74, 6) is -0.386. The minimum atomic E-state index is -0.806. The van der Waals surface area contributed by atoms with Gasteiger partial charge in [0.1, 0.15) is 0 Å². The van der Waals surface area contributed by atoms with Crippen LogP contribution >= 0.6 is 11.6 Å². The summed E-state index contributed by atoms with van der Waals surface area (Å²) in [5.41, 5.74) is 4.46. The van der Waals surface area contributed by atoms with E-state index in [2.05, 4.69) is 22.4 Å². The first-order valence-corrected chi connectivity index (χ1v) is 9.64. The van der Waals surface area contributed by atoms with Crippen molar-refractivity contribution < 1.29 is 4.79 Å². The second-order valence-corrected chi connectivity index (χ2v) is 8.12. The SMILES string of the molecule is Cc1ccc2cc(NC3=CC(C)(Cl)C(C(=O)c4ccccc4)C=C3)ccc2n1. The van der Waals surface area contributed by atoms with Crippen molar-refractivity contribution in [2.45, 2.75) is 18.7 Å². The topological polar surface area (TPSA) is 42.0 Å². The summed E-state index contributed by atoms with van der Waals surface area (Å²) in [4.78, 5) is 16.6. The Morgan fingerprint density at radius 2 is 1.89 bits per heavy atom. The molecule has 1 aliphatic rings. The van der Waals surface area contributed by atoms with Crippen LogP contribution in [0.25, 0.3) is 10.9 Å². The third-order valence-corrected chi connectivity index (χ3v) is 5.32. The van der Waals surface area contributed by atoms with Gasteiger partial charge in [-0.25, -0.2) is 0 Å². The van der Waals surface area contributed by atoms with Gasteiger partial charge in [-0.05, 0) is 50.3 Å². The number of carbonyl (C=O) groups excluding carboxylic acids is 1. The fraction of sp³-hybridized carbons (Fsp3) is 0.167. The van der Waals surface area contributed by atoms with Gasteiger partial charge in [0.15, 0.2) is 5.78 Å². The number of rotatable bonds is 4. The van der Waals surface area contributed by atoms with E-state index in [1.54, 1.807) is 0 Å². The first kappa shape index (κ1) is 18.5. The molecule has 1 N–H and O–H groups in total. The number of benzene rings is 2. The lowest BCUT2D eigenvalue weighted by molar-refractivity contribution is 0.0932. The van der Waals surface area contributed by atoms with Gasteiger partial charge in [-0.15, -0.1) is 11.6 Å². The van der Waals surface area contributed by atoms with Crippen LogP contribution in [0.5, 0.6) is 0 Å². The molecule has 1 heterocycles. The predicted octanol–water partition coefficient (Wildman–Crippen LogP) is 5.91. The standard InChI is InChI=1S/C24H21ClN2O/c1-16-8-9-18-14-19(11-13-22(18)26-16)27-20-10-12-21(24(2,25)15-20)23(28)17-6-4-3-5-7-17/h3-15,21,27H,1-2H3. The molecule has 0 saturated heterocycles. The Balaban J connectivity index is 1.56. The molecule has 1 aliphatic carbocycles. The van der Waals surface area contributed by atoms with Gasteiger partial charge in [-0.1, -0.05) is 42.5 Å². The number of aromatic nitrogens is 1. The number of aryl methyl sites for hydroxylation is 1. The van der Waals surface area contributed by atoms with Crippen LogP contribution in [0.2, 0.25) is 0 Å². The second-order valence-electron chi connectivity index (χ2n) is 7.30. The van der Waals surface area contributed by atoms with Gasteiger partial charge >= 0.3 is 0 Å². The van der Waals surface area contributed by atoms with E-state index < -0.39 is 10.8 Å². The smallest absolute Gasteiger partial charge is 0.171 e. The molecule has 3 aromatic rings. The van der Waals surface area contributed by atoms with Crippen LogP contribution in [0.4, 0.5) is 5.69 Å². The van der Waals surface area contributed by atoms with Crippen molar-refractivity contribution >= 4 is 34.0 Å². The third kappa shape index (κ3) is 3.71. The molecule has 2 aromatic carbocycles. The maximum absolute atomic E-state index is 12.9. The molecule has 0 saturated carbocycles. The van der Waals surface area contributed by atoms with E-state index in [0.29, 0.717) is 5.56 Å². The van der Waals surface area contributed by atoms with Crippen LogP contribution in [0.15, 0.2) is 84.6 Å². The zero-order valence-electron chi connectivity index (χ0n) is 15.8. The maximum atomic E-state index is 12.9. The number of hydrogen-bond acceptors (Lipinski definition) is 3. The van der Waals surface area contributed by atoms with E-state index in [1.807, 2.05) is 80.6 Å². The van der Waals surface area contributed by atoms with Crippen molar-refractivity contribution in [3.63, 3.8) is 0 Å². The minimum absolute atomic E-state index is 0.0248. The number of allylic oxidation sites excluding steroid dienone is 3. The first-order chi connectivity index (χ1) is 13.4. The summed E-state index contributed by atoms with van der Waals surface area (Å²) < 4.78 is 0. The number of fused-ring (bicyclic) bond motifs is 1. The molecule has 140 valence electrons. The van der Waals surface area contributed by atoms with Crippen molar-refractivity contribution in [1.82, 2.24) is 4.98 Å². The molecule has 28 heavy (non-hydrogen) atoms. The fourth-order valence-electron chi connectivity index (χ4n) is 3.51. The van der Waals surface area contributed by atoms with Crippen molar-refractivity contribution in [2.24, 2.45) is 5.92 Å². The molecule has 0 aliphatic heterocycles. The van der Waals surface area contributed by atoms with Gasteiger partial charge in [0.05, 0.1) is 16.3 Å². The Bertz CT molecular complexity index is 1100. The van der Waals surface area contributed by atoms with Crippen LogP contribution in [0.1, 0.15) is 23.0 Å². The Hall–Kier alpha value is -2.91. The van der Waals surface area contributed by atoms with Gasteiger partial charge in [-0.3, -0.25) is 9.78 Å². The van der Waals surface area contributed by atoms with E-state index in [1.165, 1.54) is 0 Å². The average Bonchev–Trinajstić information content (AvgIpc) is 2.68. The Kier molecular flexibility index (Phi) is 4.78. The number of pyridine rings is 1. The minimum Gasteiger partial charge on any atom is -0.356 e. The highest BCUT2D eigenvalue weighted by Gasteiger charge is 2.36. The summed E-state index contributed by atoms with van der Waals surface area (Å²) >= 11 is 6.76. The Labute approximate surface area is 169 Å². The normalized spacial score (nSPS) is 21.4. The summed E-state index contributed by atoms with van der Waals surface area (Å²) in [7, 11) is 0. The molecule has 4 rings (SSSR count). The van der Waals surface area contributed by atoms with E-state index in [4.69, 9.17) is 11.6 Å². The third-order valence-electron chi connectivity index (χ3n) is 4.97. The number of carbonyl (C=O) groups is 1. The van der Waals surface area contributed by atoms with Crippen LogP contribution in [-0.4, -0.2) is 15.6 Å². The van der Waals surface area contributed by atoms with Gasteiger partial charge in [-0.2, -0.15) is 0 Å². The maximum Gasteiger partial charge on any atom is 0.171 e. The number of hydrogen-bond donors (Lipinski definition) is 1. The zero-order valence-corrected chi connectivity index (χ0v) is 16.6. The number of nitrogens with one attached hydrogen (secondary N) is 1. The highest BCUT2D eigenvalue weighted by Crippen LogP contribution is 2.36. The molecule has 2 unspecified atom stereocenters. The molecule has 2 atom stereocenters. The molecular formula is C24H21ClN2O. The van der Waals surface area contributed by atoms with E-state index >= 15 is 0 Å². The van der Waals surface area contributed by atoms with E-state index in [-0.39, 0.29) is 5.78 Å². The van der Waals surface area contributed by atoms with Crippen molar-refractivity contribution in [3.8, 4) is 0 Å². The lowest BCUT2D eigenvalue weighted by Crippen LogP contribution is -2.34. The number of ketones is 1. The molecule has 0 spiro atoms. The van der Waals surface area contributed by atoms with E-state index in [0.717, 1.165) is 28.0 Å². The van der Waals surface area contributed by atoms with Gasteiger partial charge in [0, 0.05) is 28.0 Å². The Morgan fingerprint density at radius 1 is 1.11 bits per heavy atom. The molecule has 0 amide bonds. The van der Waals surface area contributed by atoms with Crippen molar-refractivity contribution in [2.75, 3.05) is 5.32 Å². The van der Waals surface area contributed by atoms with Gasteiger partial charge in [0.25, 0.3) is 0 Å². The molecule has 4 heteroatoms. The zero-order chi connectivity index (χ0) is 19.7. The second kappa shape index (κ2) is 7.25. The predicted molar refractivity (Wildman–Crippen MR) is 116 cm³/mol. The summed E-state index contributed by atoms with van der Waals surface area (Å²) in [6.45, 7) is 3.86. The van der Waals surface area contributed by atoms with Gasteiger partial charge < -0.3 is 5.32 Å². The summed E-state index contributed by atoms with van der Waals surface area (Å²) in [6, 6.07) is 19.4. The largest absolute Gasteiger partial charge is 0.356 e. The van der Waals surface area contributed by atoms with Crippen LogP contribution in [-0.2, 0) is 0 Å². The number of halogens is 1. The average molecular weight is 389 g/mol. The number of nitrogens with zero attached hydrogens (tertiary/aromatic N) is 1. The monoisotopic (exact) mass is 388 g/mol. The van der Waals surface area contributed by atoms with Crippen LogP contribution in [0, 0.1) is 12.8 Å². The van der Waals surface area contributed by atoms with Crippen molar-refractivity contribution in [1.29, 1.82) is 0 Å². The molecule has 0 fully saturated rings. The summed E-state index contributed by atoms with van der Waals surface area (Å²) in [6.07, 6.45) is 5.72. The molecular weight excluding hydrogens is 368 g/mol. The number of anilines is 1. The van der Waals surface area contributed by atoms with Crippen molar-refractivity contribution in [3.05, 3.63) is 95.8 Å². The lowest BCUT2D eigenvalue weighted by Gasteiger charge is -2.30. The van der Waals surface area contributed by atoms with Crippen LogP contribution < -0.4 is 5.32 Å². The highest BCUT2D eigenvalue weighted by molar-refractivity contribution is 6.28. The van der Waals surface area contributed by atoms with Crippen LogP contribution in [0.3, 0.4) is 0 Å². The lowest BCUT2D eigenvalue weighted by atomic mass is 9.82. The fourth-order valence-corrected chi connectivity index (χ4v) is 3.79. The quantitative estimate of drug-likeness (QED) is 0.446. The number of alkyl halides is 1. The molecule has 0 radical (unpaired) electrons. The van der Waals surface area contributed by atoms with Gasteiger partial charge in [0.2, 0.25) is 0 Å². The van der Waals surface area contributed by atoms with E-state index in [9.17, 15) is 4.79 Å².